The first-order valence-corrected chi connectivity index (χ1v) is 7.67. The van der Waals surface area contributed by atoms with E-state index < -0.39 is 0 Å². The Morgan fingerprint density at radius 1 is 1.29 bits per heavy atom. The van der Waals surface area contributed by atoms with E-state index in [0.29, 0.717) is 16.7 Å². The van der Waals surface area contributed by atoms with Crippen LogP contribution in [-0.4, -0.2) is 41.2 Å². The summed E-state index contributed by atoms with van der Waals surface area (Å²) < 4.78 is 5.38. The van der Waals surface area contributed by atoms with Crippen molar-refractivity contribution < 1.29 is 4.52 Å². The molecular weight excluding hydrogens is 288 g/mol. The highest BCUT2D eigenvalue weighted by Crippen LogP contribution is 2.27. The minimum atomic E-state index is 0.605. The van der Waals surface area contributed by atoms with Crippen LogP contribution in [0.15, 0.2) is 28.8 Å². The Morgan fingerprint density at radius 2 is 2.10 bits per heavy atom. The van der Waals surface area contributed by atoms with Gasteiger partial charge in [0.2, 0.25) is 11.7 Å². The standard InChI is InChI=1S/C15H17ClN4O/c16-13-3-1-2-10(4-13)15-18-14(21-19-15)9-20-7-11-5-17-6-12(11)8-20/h1-4,11-12,17H,5-9H2. The van der Waals surface area contributed by atoms with Crippen molar-refractivity contribution in [1.82, 2.24) is 20.4 Å². The van der Waals surface area contributed by atoms with Crippen LogP contribution in [0.1, 0.15) is 5.89 Å². The first kappa shape index (κ1) is 13.2. The largest absolute Gasteiger partial charge is 0.338 e. The maximum Gasteiger partial charge on any atom is 0.241 e. The van der Waals surface area contributed by atoms with Gasteiger partial charge < -0.3 is 9.84 Å². The predicted molar refractivity (Wildman–Crippen MR) is 79.9 cm³/mol. The second-order valence-corrected chi connectivity index (χ2v) is 6.33. The molecule has 1 aromatic carbocycles. The van der Waals surface area contributed by atoms with E-state index in [1.807, 2.05) is 24.3 Å². The van der Waals surface area contributed by atoms with E-state index in [2.05, 4.69) is 20.4 Å². The highest BCUT2D eigenvalue weighted by molar-refractivity contribution is 6.30. The molecule has 4 rings (SSSR count). The lowest BCUT2D eigenvalue weighted by Gasteiger charge is -2.13. The molecule has 110 valence electrons. The zero-order chi connectivity index (χ0) is 14.2. The van der Waals surface area contributed by atoms with Crippen LogP contribution in [0.3, 0.4) is 0 Å². The van der Waals surface area contributed by atoms with E-state index in [1.54, 1.807) is 0 Å². The Balaban J connectivity index is 1.45. The third-order valence-electron chi connectivity index (χ3n) is 4.37. The summed E-state index contributed by atoms with van der Waals surface area (Å²) in [6.45, 7) is 5.25. The second kappa shape index (κ2) is 5.40. The van der Waals surface area contributed by atoms with E-state index in [-0.39, 0.29) is 0 Å². The molecule has 5 nitrogen and oxygen atoms in total. The Morgan fingerprint density at radius 3 is 2.86 bits per heavy atom. The fourth-order valence-electron chi connectivity index (χ4n) is 3.34. The summed E-state index contributed by atoms with van der Waals surface area (Å²) in [5.74, 6) is 2.84. The van der Waals surface area contributed by atoms with Crippen LogP contribution in [0.2, 0.25) is 5.02 Å². The normalized spacial score (nSPS) is 25.4. The molecule has 6 heteroatoms. The number of halogens is 1. The summed E-state index contributed by atoms with van der Waals surface area (Å²) in [5.41, 5.74) is 0.889. The van der Waals surface area contributed by atoms with Crippen molar-refractivity contribution >= 4 is 11.6 Å². The lowest BCUT2D eigenvalue weighted by atomic mass is 10.0. The van der Waals surface area contributed by atoms with Gasteiger partial charge in [0.05, 0.1) is 6.54 Å². The minimum absolute atomic E-state index is 0.605. The third-order valence-corrected chi connectivity index (χ3v) is 4.61. The number of nitrogens with one attached hydrogen (secondary N) is 1. The monoisotopic (exact) mass is 304 g/mol. The molecule has 0 bridgehead atoms. The fraction of sp³-hybridized carbons (Fsp3) is 0.467. The quantitative estimate of drug-likeness (QED) is 0.940. The van der Waals surface area contributed by atoms with E-state index in [1.165, 1.54) is 0 Å². The maximum absolute atomic E-state index is 5.99. The fourth-order valence-corrected chi connectivity index (χ4v) is 3.53. The van der Waals surface area contributed by atoms with Crippen LogP contribution in [0.25, 0.3) is 11.4 Å². The Hall–Kier alpha value is -1.43. The van der Waals surface area contributed by atoms with Crippen molar-refractivity contribution in [2.75, 3.05) is 26.2 Å². The van der Waals surface area contributed by atoms with Gasteiger partial charge in [0.25, 0.3) is 0 Å². The third kappa shape index (κ3) is 2.69. The van der Waals surface area contributed by atoms with E-state index in [9.17, 15) is 0 Å². The number of fused-ring (bicyclic) bond motifs is 1. The number of nitrogens with zero attached hydrogens (tertiary/aromatic N) is 3. The van der Waals surface area contributed by atoms with Gasteiger partial charge in [-0.25, -0.2) is 0 Å². The molecule has 2 aliphatic rings. The Labute approximate surface area is 128 Å². The van der Waals surface area contributed by atoms with E-state index in [4.69, 9.17) is 16.1 Å². The van der Waals surface area contributed by atoms with Crippen LogP contribution in [0, 0.1) is 11.8 Å². The maximum atomic E-state index is 5.99. The van der Waals surface area contributed by atoms with Gasteiger partial charge in [0.1, 0.15) is 0 Å². The van der Waals surface area contributed by atoms with E-state index in [0.717, 1.165) is 50.1 Å². The summed E-state index contributed by atoms with van der Waals surface area (Å²) in [7, 11) is 0. The number of hydrogen-bond donors (Lipinski definition) is 1. The molecule has 21 heavy (non-hydrogen) atoms. The van der Waals surface area contributed by atoms with Crippen LogP contribution >= 0.6 is 11.6 Å². The molecule has 0 saturated carbocycles. The molecule has 2 saturated heterocycles. The molecule has 2 unspecified atom stereocenters. The van der Waals surface area contributed by atoms with Crippen molar-refractivity contribution in [3.63, 3.8) is 0 Å². The molecule has 2 aromatic rings. The van der Waals surface area contributed by atoms with Crippen LogP contribution in [0.4, 0.5) is 0 Å². The molecule has 2 aliphatic heterocycles. The Kier molecular flexibility index (Phi) is 3.41. The van der Waals surface area contributed by atoms with Crippen molar-refractivity contribution in [3.05, 3.63) is 35.2 Å². The van der Waals surface area contributed by atoms with Gasteiger partial charge in [0, 0.05) is 23.7 Å². The van der Waals surface area contributed by atoms with Crippen molar-refractivity contribution in [3.8, 4) is 11.4 Å². The molecule has 2 fully saturated rings. The average molecular weight is 305 g/mol. The summed E-state index contributed by atoms with van der Waals surface area (Å²) in [5, 5.41) is 8.19. The molecule has 2 atom stereocenters. The average Bonchev–Trinajstić information content (AvgIpc) is 3.14. The van der Waals surface area contributed by atoms with Crippen LogP contribution in [-0.2, 0) is 6.54 Å². The first-order valence-electron chi connectivity index (χ1n) is 7.29. The summed E-state index contributed by atoms with van der Waals surface area (Å²) in [6, 6.07) is 7.51. The Bertz CT molecular complexity index is 632. The molecular formula is C15H17ClN4O. The van der Waals surface area contributed by atoms with Gasteiger partial charge in [-0.05, 0) is 37.1 Å². The number of likely N-dealkylation sites (tertiary alicyclic amines) is 1. The number of benzene rings is 1. The van der Waals surface area contributed by atoms with Gasteiger partial charge in [-0.2, -0.15) is 4.98 Å². The summed E-state index contributed by atoms with van der Waals surface area (Å²) in [6.07, 6.45) is 0. The number of aromatic nitrogens is 2. The van der Waals surface area contributed by atoms with Gasteiger partial charge in [-0.3, -0.25) is 4.90 Å². The highest BCUT2D eigenvalue weighted by Gasteiger charge is 2.36. The molecule has 1 aromatic heterocycles. The first-order chi connectivity index (χ1) is 10.3. The number of hydrogen-bond acceptors (Lipinski definition) is 5. The van der Waals surface area contributed by atoms with Gasteiger partial charge in [-0.15, -0.1) is 0 Å². The van der Waals surface area contributed by atoms with Crippen molar-refractivity contribution in [2.24, 2.45) is 11.8 Å². The second-order valence-electron chi connectivity index (χ2n) is 5.89. The van der Waals surface area contributed by atoms with Gasteiger partial charge in [-0.1, -0.05) is 28.9 Å². The predicted octanol–water partition coefficient (Wildman–Crippen LogP) is 2.04. The molecule has 3 heterocycles. The molecule has 1 N–H and O–H groups in total. The lowest BCUT2D eigenvalue weighted by Crippen LogP contribution is -2.25. The van der Waals surface area contributed by atoms with Crippen molar-refractivity contribution in [1.29, 1.82) is 0 Å². The smallest absolute Gasteiger partial charge is 0.241 e. The number of rotatable bonds is 3. The molecule has 0 amide bonds. The molecule has 0 radical (unpaired) electrons. The molecule has 0 spiro atoms. The van der Waals surface area contributed by atoms with E-state index >= 15 is 0 Å². The van der Waals surface area contributed by atoms with Crippen LogP contribution in [0.5, 0.6) is 0 Å². The SMILES string of the molecule is Clc1cccc(-c2noc(CN3CC4CNCC4C3)n2)c1. The highest BCUT2D eigenvalue weighted by atomic mass is 35.5. The topological polar surface area (TPSA) is 54.2 Å². The van der Waals surface area contributed by atoms with Gasteiger partial charge in [0.15, 0.2) is 0 Å². The summed E-state index contributed by atoms with van der Waals surface area (Å²) >= 11 is 5.99. The zero-order valence-electron chi connectivity index (χ0n) is 11.6. The van der Waals surface area contributed by atoms with Gasteiger partial charge >= 0.3 is 0 Å². The molecule has 0 aliphatic carbocycles. The van der Waals surface area contributed by atoms with Crippen LogP contribution < -0.4 is 5.32 Å². The minimum Gasteiger partial charge on any atom is -0.338 e. The lowest BCUT2D eigenvalue weighted by molar-refractivity contribution is 0.253. The summed E-state index contributed by atoms with van der Waals surface area (Å²) in [4.78, 5) is 6.89. The zero-order valence-corrected chi connectivity index (χ0v) is 12.4. The van der Waals surface area contributed by atoms with Crippen molar-refractivity contribution in [2.45, 2.75) is 6.54 Å².